The summed E-state index contributed by atoms with van der Waals surface area (Å²) in [5.41, 5.74) is 0.294. The van der Waals surface area contributed by atoms with Crippen LogP contribution < -0.4 is 0 Å². The zero-order valence-electron chi connectivity index (χ0n) is 11.0. The molecule has 1 fully saturated rings. The van der Waals surface area contributed by atoms with Crippen LogP contribution in [0.25, 0.3) is 0 Å². The molecule has 0 radical (unpaired) electrons. The summed E-state index contributed by atoms with van der Waals surface area (Å²) >= 11 is 0. The highest BCUT2D eigenvalue weighted by atomic mass is 16.4. The summed E-state index contributed by atoms with van der Waals surface area (Å²) in [4.78, 5) is 13.3. The average Bonchev–Trinajstić information content (AvgIpc) is 2.37. The van der Waals surface area contributed by atoms with Crippen LogP contribution >= 0.6 is 0 Å². The first-order valence-electron chi connectivity index (χ1n) is 6.37. The van der Waals surface area contributed by atoms with E-state index in [1.807, 2.05) is 0 Å². The van der Waals surface area contributed by atoms with Crippen molar-refractivity contribution < 1.29 is 20.1 Å². The smallest absolute Gasteiger partial charge is 0.309 e. The maximum absolute atomic E-state index is 11.1. The van der Waals surface area contributed by atoms with E-state index in [2.05, 4.69) is 4.90 Å². The first-order valence-corrected chi connectivity index (χ1v) is 6.37. The van der Waals surface area contributed by atoms with Crippen LogP contribution in [-0.4, -0.2) is 39.3 Å². The third-order valence-electron chi connectivity index (χ3n) is 3.92. The molecule has 0 spiro atoms. The molecular weight excluding hydrogens is 246 g/mol. The first-order chi connectivity index (χ1) is 8.90. The number of piperidine rings is 1. The molecular formula is C14H19NO4. The summed E-state index contributed by atoms with van der Waals surface area (Å²) in [6.07, 6.45) is 1.26. The number of benzene rings is 1. The molecule has 0 amide bonds. The van der Waals surface area contributed by atoms with Gasteiger partial charge in [-0.1, -0.05) is 6.07 Å². The Hall–Kier alpha value is -1.75. The lowest BCUT2D eigenvalue weighted by Crippen LogP contribution is -2.42. The van der Waals surface area contributed by atoms with Crippen LogP contribution in [-0.2, 0) is 11.3 Å². The lowest BCUT2D eigenvalue weighted by atomic mass is 9.80. The molecule has 1 heterocycles. The second-order valence-electron chi connectivity index (χ2n) is 5.47. The van der Waals surface area contributed by atoms with Gasteiger partial charge < -0.3 is 15.3 Å². The van der Waals surface area contributed by atoms with E-state index in [-0.39, 0.29) is 11.5 Å². The minimum absolute atomic E-state index is 0.120. The number of nitrogens with zero attached hydrogens (tertiary/aromatic N) is 1. The number of aliphatic carboxylic acids is 1. The van der Waals surface area contributed by atoms with E-state index in [0.717, 1.165) is 18.7 Å². The predicted molar refractivity (Wildman–Crippen MR) is 70.0 cm³/mol. The largest absolute Gasteiger partial charge is 0.504 e. The van der Waals surface area contributed by atoms with Crippen molar-refractivity contribution in [2.45, 2.75) is 26.3 Å². The molecule has 1 saturated heterocycles. The molecule has 1 aromatic rings. The van der Waals surface area contributed by atoms with E-state index < -0.39 is 11.4 Å². The molecule has 1 aromatic carbocycles. The molecule has 0 aromatic heterocycles. The van der Waals surface area contributed by atoms with Crippen molar-refractivity contribution in [3.8, 4) is 11.5 Å². The third-order valence-corrected chi connectivity index (χ3v) is 3.92. The molecule has 0 unspecified atom stereocenters. The molecule has 3 N–H and O–H groups in total. The fourth-order valence-corrected chi connectivity index (χ4v) is 2.34. The topological polar surface area (TPSA) is 81.0 Å². The maximum atomic E-state index is 11.1. The molecule has 0 saturated carbocycles. The van der Waals surface area contributed by atoms with Gasteiger partial charge in [-0.25, -0.2) is 0 Å². The van der Waals surface area contributed by atoms with Gasteiger partial charge in [0.15, 0.2) is 11.5 Å². The number of phenols is 2. The van der Waals surface area contributed by atoms with Gasteiger partial charge in [-0.3, -0.25) is 9.69 Å². The van der Waals surface area contributed by atoms with Gasteiger partial charge in [0.25, 0.3) is 0 Å². The third kappa shape index (κ3) is 2.98. The van der Waals surface area contributed by atoms with Crippen LogP contribution in [0.3, 0.4) is 0 Å². The van der Waals surface area contributed by atoms with Crippen LogP contribution in [0, 0.1) is 5.41 Å². The summed E-state index contributed by atoms with van der Waals surface area (Å²) in [5, 5.41) is 27.9. The van der Waals surface area contributed by atoms with Crippen molar-refractivity contribution in [2.75, 3.05) is 13.1 Å². The SMILES string of the molecule is CC1(C(=O)O)CCN(Cc2ccc(O)c(O)c2)CC1. The number of carboxylic acids is 1. The Bertz CT molecular complexity index is 478. The monoisotopic (exact) mass is 265 g/mol. The Labute approximate surface area is 112 Å². The molecule has 0 bridgehead atoms. The van der Waals surface area contributed by atoms with Crippen LogP contribution in [0.2, 0.25) is 0 Å². The highest BCUT2D eigenvalue weighted by Crippen LogP contribution is 2.32. The average molecular weight is 265 g/mol. The summed E-state index contributed by atoms with van der Waals surface area (Å²) in [6.45, 7) is 3.90. The van der Waals surface area contributed by atoms with E-state index in [4.69, 9.17) is 5.11 Å². The number of hydrogen-bond acceptors (Lipinski definition) is 4. The van der Waals surface area contributed by atoms with Crippen molar-refractivity contribution in [1.29, 1.82) is 0 Å². The number of hydrogen-bond donors (Lipinski definition) is 3. The molecule has 1 aliphatic rings. The second-order valence-corrected chi connectivity index (χ2v) is 5.47. The lowest BCUT2D eigenvalue weighted by molar-refractivity contribution is -0.150. The number of carbonyl (C=O) groups is 1. The maximum Gasteiger partial charge on any atom is 0.309 e. The zero-order chi connectivity index (χ0) is 14.0. The fraction of sp³-hybridized carbons (Fsp3) is 0.500. The fourth-order valence-electron chi connectivity index (χ4n) is 2.34. The molecule has 0 aliphatic carbocycles. The highest BCUT2D eigenvalue weighted by Gasteiger charge is 2.36. The van der Waals surface area contributed by atoms with Gasteiger partial charge in [0.2, 0.25) is 0 Å². The summed E-state index contributed by atoms with van der Waals surface area (Å²) < 4.78 is 0. The Morgan fingerprint density at radius 2 is 1.89 bits per heavy atom. The second kappa shape index (κ2) is 5.09. The Balaban J connectivity index is 1.95. The molecule has 5 nitrogen and oxygen atoms in total. The van der Waals surface area contributed by atoms with Gasteiger partial charge in [-0.15, -0.1) is 0 Å². The van der Waals surface area contributed by atoms with Gasteiger partial charge in [0.05, 0.1) is 5.41 Å². The predicted octanol–water partition coefficient (Wildman–Crippen LogP) is 1.78. The van der Waals surface area contributed by atoms with E-state index in [1.165, 1.54) is 6.07 Å². The Morgan fingerprint density at radius 1 is 1.26 bits per heavy atom. The van der Waals surface area contributed by atoms with E-state index >= 15 is 0 Å². The van der Waals surface area contributed by atoms with Crippen LogP contribution in [0.4, 0.5) is 0 Å². The first kappa shape index (κ1) is 13.7. The van der Waals surface area contributed by atoms with Crippen molar-refractivity contribution in [1.82, 2.24) is 4.90 Å². The molecule has 0 atom stereocenters. The normalized spacial score (nSPS) is 19.2. The molecule has 2 rings (SSSR count). The summed E-state index contributed by atoms with van der Waals surface area (Å²) in [7, 11) is 0. The van der Waals surface area contributed by atoms with Gasteiger partial charge in [-0.2, -0.15) is 0 Å². The molecule has 1 aliphatic heterocycles. The van der Waals surface area contributed by atoms with Crippen LogP contribution in [0.1, 0.15) is 25.3 Å². The van der Waals surface area contributed by atoms with Gasteiger partial charge in [0, 0.05) is 6.54 Å². The summed E-state index contributed by atoms with van der Waals surface area (Å²) in [6, 6.07) is 4.77. The standard InChI is InChI=1S/C14H19NO4/c1-14(13(18)19)4-6-15(7-5-14)9-10-2-3-11(16)12(17)8-10/h2-3,8,16-17H,4-7,9H2,1H3,(H,18,19). The van der Waals surface area contributed by atoms with E-state index in [0.29, 0.717) is 19.4 Å². The van der Waals surface area contributed by atoms with Gasteiger partial charge >= 0.3 is 5.97 Å². The van der Waals surface area contributed by atoms with E-state index in [9.17, 15) is 15.0 Å². The lowest BCUT2D eigenvalue weighted by Gasteiger charge is -2.36. The number of phenolic OH excluding ortho intramolecular Hbond substituents is 2. The molecule has 104 valence electrons. The van der Waals surface area contributed by atoms with Crippen LogP contribution in [0.5, 0.6) is 11.5 Å². The van der Waals surface area contributed by atoms with Crippen molar-refractivity contribution in [3.05, 3.63) is 23.8 Å². The minimum atomic E-state index is -0.727. The molecule has 19 heavy (non-hydrogen) atoms. The zero-order valence-corrected chi connectivity index (χ0v) is 11.0. The number of carboxylic acid groups (broad SMARTS) is 1. The number of likely N-dealkylation sites (tertiary alicyclic amines) is 1. The summed E-state index contributed by atoms with van der Waals surface area (Å²) in [5.74, 6) is -0.972. The Kier molecular flexibility index (Phi) is 3.66. The minimum Gasteiger partial charge on any atom is -0.504 e. The quantitative estimate of drug-likeness (QED) is 0.726. The Morgan fingerprint density at radius 3 is 2.42 bits per heavy atom. The van der Waals surface area contributed by atoms with Crippen molar-refractivity contribution in [2.24, 2.45) is 5.41 Å². The number of rotatable bonds is 3. The molecule has 5 heteroatoms. The number of aromatic hydroxyl groups is 2. The van der Waals surface area contributed by atoms with Crippen molar-refractivity contribution in [3.63, 3.8) is 0 Å². The van der Waals surface area contributed by atoms with Gasteiger partial charge in [0.1, 0.15) is 0 Å². The van der Waals surface area contributed by atoms with Crippen LogP contribution in [0.15, 0.2) is 18.2 Å². The van der Waals surface area contributed by atoms with Gasteiger partial charge in [-0.05, 0) is 50.6 Å². The van der Waals surface area contributed by atoms with Crippen molar-refractivity contribution >= 4 is 5.97 Å². The highest BCUT2D eigenvalue weighted by molar-refractivity contribution is 5.74. The van der Waals surface area contributed by atoms with E-state index in [1.54, 1.807) is 19.1 Å².